The van der Waals surface area contributed by atoms with Crippen LogP contribution >= 0.6 is 23.5 Å². The highest BCUT2D eigenvalue weighted by Crippen LogP contribution is 2.27. The molecule has 0 fully saturated rings. The number of nitrogens with one attached hydrogen (secondary N) is 1. The van der Waals surface area contributed by atoms with Crippen molar-refractivity contribution >= 4 is 35.6 Å². The number of rotatable bonds is 8. The molecule has 0 aliphatic rings. The van der Waals surface area contributed by atoms with Crippen molar-refractivity contribution in [1.82, 2.24) is 25.2 Å². The standard InChI is InChI=1S/C24H22N6OS2/c1-17-3-7-20(8-4-17)30-23(19-11-13-25-14-12-19)28-29-24(30)33-16-22(31)27-26-15-18-5-9-21(32-2)10-6-18/h3-15H,16H2,1-2H3,(H,27,31)/b26-15+. The molecule has 4 aromatic rings. The third-order valence-corrected chi connectivity index (χ3v) is 6.39. The molecule has 2 aromatic carbocycles. The van der Waals surface area contributed by atoms with Crippen molar-refractivity contribution in [2.45, 2.75) is 17.0 Å². The molecule has 0 saturated carbocycles. The maximum Gasteiger partial charge on any atom is 0.250 e. The summed E-state index contributed by atoms with van der Waals surface area (Å²) >= 11 is 2.98. The van der Waals surface area contributed by atoms with E-state index in [1.807, 2.05) is 78.4 Å². The van der Waals surface area contributed by atoms with Gasteiger partial charge >= 0.3 is 0 Å². The predicted octanol–water partition coefficient (Wildman–Crippen LogP) is 4.60. The number of aromatic nitrogens is 4. The smallest absolute Gasteiger partial charge is 0.250 e. The van der Waals surface area contributed by atoms with Gasteiger partial charge in [-0.2, -0.15) is 5.10 Å². The second kappa shape index (κ2) is 10.9. The third kappa shape index (κ3) is 5.88. The van der Waals surface area contributed by atoms with Crippen LogP contribution in [0.3, 0.4) is 0 Å². The van der Waals surface area contributed by atoms with E-state index >= 15 is 0 Å². The van der Waals surface area contributed by atoms with E-state index in [9.17, 15) is 4.79 Å². The van der Waals surface area contributed by atoms with E-state index in [1.165, 1.54) is 16.7 Å². The fraction of sp³-hybridized carbons (Fsp3) is 0.125. The average molecular weight is 475 g/mol. The lowest BCUT2D eigenvalue weighted by atomic mass is 10.2. The van der Waals surface area contributed by atoms with Crippen molar-refractivity contribution in [2.24, 2.45) is 5.10 Å². The Labute approximate surface area is 200 Å². The van der Waals surface area contributed by atoms with Crippen LogP contribution in [0.4, 0.5) is 0 Å². The summed E-state index contributed by atoms with van der Waals surface area (Å²) in [6.45, 7) is 2.04. The Morgan fingerprint density at radius 2 is 1.76 bits per heavy atom. The summed E-state index contributed by atoms with van der Waals surface area (Å²) in [4.78, 5) is 17.6. The van der Waals surface area contributed by atoms with Gasteiger partial charge in [-0.1, -0.05) is 41.6 Å². The molecule has 2 heterocycles. The number of carbonyl (C=O) groups is 1. The molecule has 0 atom stereocenters. The minimum absolute atomic E-state index is 0.156. The van der Waals surface area contributed by atoms with Crippen LogP contribution in [0.5, 0.6) is 0 Å². The highest BCUT2D eigenvalue weighted by Gasteiger charge is 2.17. The SMILES string of the molecule is CSc1ccc(/C=N/NC(=O)CSc2nnc(-c3ccncc3)n2-c2ccc(C)cc2)cc1. The maximum atomic E-state index is 12.4. The Morgan fingerprint density at radius 3 is 2.45 bits per heavy atom. The molecular formula is C24H22N6OS2. The lowest BCUT2D eigenvalue weighted by molar-refractivity contribution is -0.118. The molecule has 1 N–H and O–H groups in total. The monoisotopic (exact) mass is 474 g/mol. The van der Waals surface area contributed by atoms with E-state index in [0.717, 1.165) is 22.4 Å². The first-order valence-electron chi connectivity index (χ1n) is 10.2. The third-order valence-electron chi connectivity index (χ3n) is 4.72. The summed E-state index contributed by atoms with van der Waals surface area (Å²) in [7, 11) is 0. The molecule has 166 valence electrons. The number of hydrogen-bond donors (Lipinski definition) is 1. The van der Waals surface area contributed by atoms with Crippen LogP contribution in [0.25, 0.3) is 17.1 Å². The summed E-state index contributed by atoms with van der Waals surface area (Å²) in [6.07, 6.45) is 7.09. The van der Waals surface area contributed by atoms with Gasteiger partial charge in [-0.3, -0.25) is 14.3 Å². The number of aryl methyl sites for hydroxylation is 1. The molecule has 0 bridgehead atoms. The number of thioether (sulfide) groups is 2. The number of hydrazone groups is 1. The number of pyridine rings is 1. The molecule has 0 aliphatic heterocycles. The molecular weight excluding hydrogens is 452 g/mol. The number of nitrogens with zero attached hydrogens (tertiary/aromatic N) is 5. The Balaban J connectivity index is 1.47. The minimum Gasteiger partial charge on any atom is -0.272 e. The van der Waals surface area contributed by atoms with Gasteiger partial charge in [0.15, 0.2) is 11.0 Å². The Kier molecular flexibility index (Phi) is 7.54. The average Bonchev–Trinajstić information content (AvgIpc) is 3.28. The van der Waals surface area contributed by atoms with E-state index in [0.29, 0.717) is 11.0 Å². The van der Waals surface area contributed by atoms with Crippen LogP contribution < -0.4 is 5.43 Å². The summed E-state index contributed by atoms with van der Waals surface area (Å²) in [5.74, 6) is 0.625. The largest absolute Gasteiger partial charge is 0.272 e. The zero-order chi connectivity index (χ0) is 23.0. The fourth-order valence-corrected chi connectivity index (χ4v) is 4.16. The summed E-state index contributed by atoms with van der Waals surface area (Å²) in [5.41, 5.74) is 6.47. The number of amides is 1. The van der Waals surface area contributed by atoms with Gasteiger partial charge in [-0.15, -0.1) is 22.0 Å². The van der Waals surface area contributed by atoms with Crippen molar-refractivity contribution in [3.05, 3.63) is 84.2 Å². The summed E-state index contributed by atoms with van der Waals surface area (Å²) in [5, 5.41) is 13.4. The Morgan fingerprint density at radius 1 is 1.03 bits per heavy atom. The van der Waals surface area contributed by atoms with E-state index in [1.54, 1.807) is 30.4 Å². The van der Waals surface area contributed by atoms with Gasteiger partial charge in [-0.25, -0.2) is 5.43 Å². The molecule has 0 radical (unpaired) electrons. The first-order valence-corrected chi connectivity index (χ1v) is 12.4. The van der Waals surface area contributed by atoms with Crippen LogP contribution in [0, 0.1) is 6.92 Å². The second-order valence-corrected chi connectivity index (χ2v) is 8.89. The van der Waals surface area contributed by atoms with Gasteiger partial charge in [0.05, 0.1) is 12.0 Å². The van der Waals surface area contributed by atoms with Gasteiger partial charge in [0.25, 0.3) is 5.91 Å². The minimum atomic E-state index is -0.221. The normalized spacial score (nSPS) is 11.1. The van der Waals surface area contributed by atoms with Crippen LogP contribution in [0.15, 0.2) is 88.2 Å². The summed E-state index contributed by atoms with van der Waals surface area (Å²) < 4.78 is 1.95. The van der Waals surface area contributed by atoms with Crippen LogP contribution in [-0.4, -0.2) is 43.9 Å². The van der Waals surface area contributed by atoms with Crippen LogP contribution in [0.2, 0.25) is 0 Å². The van der Waals surface area contributed by atoms with Gasteiger partial charge < -0.3 is 0 Å². The molecule has 0 saturated heterocycles. The molecule has 0 unspecified atom stereocenters. The molecule has 2 aromatic heterocycles. The van der Waals surface area contributed by atoms with E-state index < -0.39 is 0 Å². The molecule has 9 heteroatoms. The fourth-order valence-electron chi connectivity index (χ4n) is 3.01. The van der Waals surface area contributed by atoms with Crippen molar-refractivity contribution in [1.29, 1.82) is 0 Å². The number of hydrogen-bond acceptors (Lipinski definition) is 7. The zero-order valence-electron chi connectivity index (χ0n) is 18.2. The van der Waals surface area contributed by atoms with E-state index in [4.69, 9.17) is 0 Å². The topological polar surface area (TPSA) is 85.1 Å². The number of benzene rings is 2. The summed E-state index contributed by atoms with van der Waals surface area (Å²) in [6, 6.07) is 19.8. The van der Waals surface area contributed by atoms with Crippen LogP contribution in [0.1, 0.15) is 11.1 Å². The zero-order valence-corrected chi connectivity index (χ0v) is 19.8. The first-order chi connectivity index (χ1) is 16.1. The van der Waals surface area contributed by atoms with Crippen LogP contribution in [-0.2, 0) is 4.79 Å². The quantitative estimate of drug-likeness (QED) is 0.228. The number of carbonyl (C=O) groups excluding carboxylic acids is 1. The van der Waals surface area contributed by atoms with E-state index in [2.05, 4.69) is 25.7 Å². The molecule has 0 aliphatic carbocycles. The van der Waals surface area contributed by atoms with Crippen molar-refractivity contribution in [2.75, 3.05) is 12.0 Å². The molecule has 4 rings (SSSR count). The van der Waals surface area contributed by atoms with Gasteiger partial charge in [-0.05, 0) is 55.1 Å². The molecule has 33 heavy (non-hydrogen) atoms. The Hall–Kier alpha value is -3.43. The maximum absolute atomic E-state index is 12.4. The molecule has 0 spiro atoms. The highest BCUT2D eigenvalue weighted by atomic mass is 32.2. The highest BCUT2D eigenvalue weighted by molar-refractivity contribution is 7.99. The van der Waals surface area contributed by atoms with Gasteiger partial charge in [0.1, 0.15) is 0 Å². The Bertz CT molecular complexity index is 1240. The first kappa shape index (κ1) is 22.8. The predicted molar refractivity (Wildman–Crippen MR) is 134 cm³/mol. The van der Waals surface area contributed by atoms with Crippen molar-refractivity contribution < 1.29 is 4.79 Å². The molecule has 7 nitrogen and oxygen atoms in total. The van der Waals surface area contributed by atoms with Crippen molar-refractivity contribution in [3.8, 4) is 17.1 Å². The molecule has 1 amide bonds. The van der Waals surface area contributed by atoms with E-state index in [-0.39, 0.29) is 11.7 Å². The van der Waals surface area contributed by atoms with Gasteiger partial charge in [0.2, 0.25) is 0 Å². The van der Waals surface area contributed by atoms with Crippen molar-refractivity contribution in [3.63, 3.8) is 0 Å². The lowest BCUT2D eigenvalue weighted by Crippen LogP contribution is -2.20. The van der Waals surface area contributed by atoms with Gasteiger partial charge in [0, 0.05) is 28.5 Å². The second-order valence-electron chi connectivity index (χ2n) is 7.07. The lowest BCUT2D eigenvalue weighted by Gasteiger charge is -2.10.